The van der Waals surface area contributed by atoms with Crippen LogP contribution in [0.1, 0.15) is 5.56 Å². The molecule has 0 unspecified atom stereocenters. The van der Waals surface area contributed by atoms with Crippen LogP contribution in [0.3, 0.4) is 0 Å². The van der Waals surface area contributed by atoms with Crippen LogP contribution in [0, 0.1) is 0 Å². The fourth-order valence-corrected chi connectivity index (χ4v) is 2.43. The van der Waals surface area contributed by atoms with Crippen molar-refractivity contribution in [1.82, 2.24) is 4.98 Å². The standard InChI is InChI=1S/C10H9NOS2/c1-2-3-6-4-5-7-8(9(6)12)11-10(13)14-7/h2,4-5,12H,1,3H2,(H,11,13). The van der Waals surface area contributed by atoms with Gasteiger partial charge in [0.25, 0.3) is 0 Å². The van der Waals surface area contributed by atoms with Gasteiger partial charge in [0.1, 0.15) is 15.6 Å². The van der Waals surface area contributed by atoms with Gasteiger partial charge in [0.05, 0.1) is 4.70 Å². The van der Waals surface area contributed by atoms with Crippen molar-refractivity contribution in [3.05, 3.63) is 30.4 Å². The minimum absolute atomic E-state index is 0.249. The Morgan fingerprint density at radius 3 is 3.07 bits per heavy atom. The number of allylic oxidation sites excluding steroid dienone is 1. The molecule has 0 radical (unpaired) electrons. The number of phenols is 1. The maximum atomic E-state index is 9.86. The van der Waals surface area contributed by atoms with E-state index in [2.05, 4.69) is 24.2 Å². The summed E-state index contributed by atoms with van der Waals surface area (Å²) in [5, 5.41) is 9.86. The number of thiol groups is 1. The van der Waals surface area contributed by atoms with Crippen LogP contribution in [0.5, 0.6) is 5.75 Å². The fourth-order valence-electron chi connectivity index (χ4n) is 1.33. The molecule has 0 amide bonds. The minimum Gasteiger partial charge on any atom is -0.505 e. The molecule has 2 aromatic rings. The molecular weight excluding hydrogens is 214 g/mol. The van der Waals surface area contributed by atoms with E-state index in [0.29, 0.717) is 16.3 Å². The molecule has 0 saturated carbocycles. The Morgan fingerprint density at radius 1 is 1.57 bits per heavy atom. The first-order valence-electron chi connectivity index (χ1n) is 4.13. The Labute approximate surface area is 91.3 Å². The smallest absolute Gasteiger partial charge is 0.148 e. The monoisotopic (exact) mass is 223 g/mol. The average molecular weight is 223 g/mol. The first-order valence-corrected chi connectivity index (χ1v) is 5.40. The summed E-state index contributed by atoms with van der Waals surface area (Å²) >= 11 is 5.61. The van der Waals surface area contributed by atoms with E-state index in [4.69, 9.17) is 0 Å². The number of phenolic OH excluding ortho intramolecular Hbond substituents is 1. The lowest BCUT2D eigenvalue weighted by molar-refractivity contribution is 0.475. The molecule has 0 fully saturated rings. The van der Waals surface area contributed by atoms with Gasteiger partial charge in [-0.25, -0.2) is 4.98 Å². The van der Waals surface area contributed by atoms with Gasteiger partial charge in [0, 0.05) is 0 Å². The maximum absolute atomic E-state index is 9.86. The Kier molecular flexibility index (Phi) is 2.48. The number of aromatic nitrogens is 1. The first-order chi connectivity index (χ1) is 6.72. The Bertz CT molecular complexity index is 490. The van der Waals surface area contributed by atoms with Gasteiger partial charge >= 0.3 is 0 Å². The van der Waals surface area contributed by atoms with Crippen LogP contribution in [-0.4, -0.2) is 10.1 Å². The zero-order valence-corrected chi connectivity index (χ0v) is 9.11. The van der Waals surface area contributed by atoms with E-state index < -0.39 is 0 Å². The van der Waals surface area contributed by atoms with E-state index in [1.54, 1.807) is 6.08 Å². The topological polar surface area (TPSA) is 33.1 Å². The van der Waals surface area contributed by atoms with E-state index in [1.165, 1.54) is 11.3 Å². The highest BCUT2D eigenvalue weighted by Gasteiger charge is 2.09. The first kappa shape index (κ1) is 9.55. The van der Waals surface area contributed by atoms with Crippen molar-refractivity contribution >= 4 is 34.2 Å². The third-order valence-corrected chi connectivity index (χ3v) is 3.17. The molecular formula is C10H9NOS2. The molecule has 4 heteroatoms. The molecule has 1 N–H and O–H groups in total. The second-order valence-corrected chi connectivity index (χ2v) is 4.67. The van der Waals surface area contributed by atoms with Gasteiger partial charge in [-0.05, 0) is 18.1 Å². The number of thiazole rings is 1. The SMILES string of the molecule is C=CCc1ccc2sc(S)nc2c1O. The summed E-state index contributed by atoms with van der Waals surface area (Å²) in [4.78, 5) is 4.15. The van der Waals surface area contributed by atoms with Crippen LogP contribution in [0.2, 0.25) is 0 Å². The normalized spacial score (nSPS) is 10.6. The molecule has 0 atom stereocenters. The molecule has 2 rings (SSSR count). The molecule has 72 valence electrons. The van der Waals surface area contributed by atoms with Crippen LogP contribution in [0.4, 0.5) is 0 Å². The lowest BCUT2D eigenvalue weighted by atomic mass is 10.1. The number of hydrogen-bond donors (Lipinski definition) is 2. The second kappa shape index (κ2) is 3.63. The lowest BCUT2D eigenvalue weighted by Gasteiger charge is -2.00. The molecule has 0 bridgehead atoms. The van der Waals surface area contributed by atoms with Crippen molar-refractivity contribution in [3.8, 4) is 5.75 Å². The van der Waals surface area contributed by atoms with Gasteiger partial charge in [0.15, 0.2) is 0 Å². The van der Waals surface area contributed by atoms with Crippen molar-refractivity contribution in [2.45, 2.75) is 10.8 Å². The highest BCUT2D eigenvalue weighted by molar-refractivity contribution is 7.82. The van der Waals surface area contributed by atoms with Crippen molar-refractivity contribution in [2.24, 2.45) is 0 Å². The summed E-state index contributed by atoms with van der Waals surface area (Å²) in [7, 11) is 0. The van der Waals surface area contributed by atoms with Crippen LogP contribution < -0.4 is 0 Å². The van der Waals surface area contributed by atoms with E-state index >= 15 is 0 Å². The summed E-state index contributed by atoms with van der Waals surface area (Å²) in [5.74, 6) is 0.249. The number of rotatable bonds is 2. The molecule has 1 aromatic carbocycles. The number of fused-ring (bicyclic) bond motifs is 1. The molecule has 1 heterocycles. The summed E-state index contributed by atoms with van der Waals surface area (Å²) in [6.07, 6.45) is 2.41. The predicted octanol–water partition coefficient (Wildman–Crippen LogP) is 3.02. The summed E-state index contributed by atoms with van der Waals surface area (Å²) < 4.78 is 1.63. The van der Waals surface area contributed by atoms with Crippen molar-refractivity contribution < 1.29 is 5.11 Å². The Morgan fingerprint density at radius 2 is 2.36 bits per heavy atom. The summed E-state index contributed by atoms with van der Waals surface area (Å²) in [6.45, 7) is 3.64. The van der Waals surface area contributed by atoms with Crippen molar-refractivity contribution in [2.75, 3.05) is 0 Å². The summed E-state index contributed by atoms with van der Waals surface area (Å²) in [5.41, 5.74) is 1.49. The van der Waals surface area contributed by atoms with Gasteiger partial charge in [-0.15, -0.1) is 30.5 Å². The number of aromatic hydroxyl groups is 1. The van der Waals surface area contributed by atoms with Crippen LogP contribution >= 0.6 is 24.0 Å². The quantitative estimate of drug-likeness (QED) is 0.606. The van der Waals surface area contributed by atoms with E-state index in [0.717, 1.165) is 10.3 Å². The van der Waals surface area contributed by atoms with Crippen molar-refractivity contribution in [1.29, 1.82) is 0 Å². The molecule has 2 nitrogen and oxygen atoms in total. The zero-order valence-electron chi connectivity index (χ0n) is 7.40. The van der Waals surface area contributed by atoms with Crippen LogP contribution in [-0.2, 0) is 6.42 Å². The van der Waals surface area contributed by atoms with Crippen molar-refractivity contribution in [3.63, 3.8) is 0 Å². The molecule has 0 saturated heterocycles. The zero-order chi connectivity index (χ0) is 10.1. The highest BCUT2D eigenvalue weighted by atomic mass is 32.2. The van der Waals surface area contributed by atoms with Gasteiger partial charge in [-0.1, -0.05) is 12.1 Å². The van der Waals surface area contributed by atoms with E-state index in [9.17, 15) is 5.11 Å². The van der Waals surface area contributed by atoms with Gasteiger partial charge in [0.2, 0.25) is 0 Å². The average Bonchev–Trinajstić information content (AvgIpc) is 2.52. The highest BCUT2D eigenvalue weighted by Crippen LogP contribution is 2.33. The summed E-state index contributed by atoms with van der Waals surface area (Å²) in [6, 6.07) is 3.84. The van der Waals surface area contributed by atoms with Crippen LogP contribution in [0.25, 0.3) is 10.2 Å². The van der Waals surface area contributed by atoms with Gasteiger partial charge in [-0.2, -0.15) is 0 Å². The predicted molar refractivity (Wildman–Crippen MR) is 62.4 cm³/mol. The Hall–Kier alpha value is -1.00. The largest absolute Gasteiger partial charge is 0.505 e. The number of hydrogen-bond acceptors (Lipinski definition) is 4. The lowest BCUT2D eigenvalue weighted by Crippen LogP contribution is -1.82. The van der Waals surface area contributed by atoms with Crippen LogP contribution in [0.15, 0.2) is 29.1 Å². The number of nitrogens with zero attached hydrogens (tertiary/aromatic N) is 1. The second-order valence-electron chi connectivity index (χ2n) is 2.91. The van der Waals surface area contributed by atoms with Gasteiger partial charge in [-0.3, -0.25) is 0 Å². The van der Waals surface area contributed by atoms with Gasteiger partial charge < -0.3 is 5.11 Å². The molecule has 1 aromatic heterocycles. The molecule has 0 spiro atoms. The number of benzene rings is 1. The van der Waals surface area contributed by atoms with E-state index in [-0.39, 0.29) is 5.75 Å². The minimum atomic E-state index is 0.249. The molecule has 0 aliphatic heterocycles. The third-order valence-electron chi connectivity index (χ3n) is 1.97. The third kappa shape index (κ3) is 1.51. The molecule has 14 heavy (non-hydrogen) atoms. The Balaban J connectivity index is 2.67. The maximum Gasteiger partial charge on any atom is 0.148 e. The molecule has 0 aliphatic carbocycles. The fraction of sp³-hybridized carbons (Fsp3) is 0.100. The van der Waals surface area contributed by atoms with E-state index in [1.807, 2.05) is 12.1 Å². The molecule has 0 aliphatic rings.